The highest BCUT2D eigenvalue weighted by atomic mass is 32.2. The molecule has 6 heterocycles. The number of amides is 10. The van der Waals surface area contributed by atoms with Crippen LogP contribution in [-0.4, -0.2) is 189 Å². The molecule has 2 bridgehead atoms. The second-order valence-electron chi connectivity index (χ2n) is 24.9. The number of phenolic OH excluding ortho intramolecular Hbond substituents is 1. The zero-order valence-electron chi connectivity index (χ0n) is 55.2. The first-order valence-corrected chi connectivity index (χ1v) is 35.5. The molecule has 0 radical (unpaired) electrons. The van der Waals surface area contributed by atoms with E-state index in [0.29, 0.717) is 81.6 Å². The number of phenols is 1. The number of benzene rings is 4. The van der Waals surface area contributed by atoms with Crippen molar-refractivity contribution in [1.82, 2.24) is 88.0 Å². The number of nitrogens with one attached hydrogen (secondary N) is 12. The Balaban J connectivity index is 0.987. The number of aromatic nitrogens is 8. The van der Waals surface area contributed by atoms with Crippen LogP contribution >= 0.6 is 23.5 Å². The lowest BCUT2D eigenvalue weighted by molar-refractivity contribution is -0.142. The number of thioether (sulfide) groups is 2. The minimum Gasteiger partial charge on any atom is -0.508 e. The fourth-order valence-corrected chi connectivity index (χ4v) is 14.0. The van der Waals surface area contributed by atoms with Gasteiger partial charge in [0.15, 0.2) is 5.82 Å². The largest absolute Gasteiger partial charge is 0.508 e. The van der Waals surface area contributed by atoms with Gasteiger partial charge in [0, 0.05) is 108 Å². The Hall–Kier alpha value is -10.7. The highest BCUT2D eigenvalue weighted by Gasteiger charge is 2.41. The number of carbonyl (C=O) groups excluding carboxylic acids is 10. The Morgan fingerprint density at radius 1 is 0.627 bits per heavy atom. The molecule has 1 fully saturated rings. The second-order valence-corrected chi connectivity index (χ2v) is 27.0. The summed E-state index contributed by atoms with van der Waals surface area (Å²) in [5.41, 5.74) is 15.8. The maximum Gasteiger partial charge on any atom is 0.246 e. The summed E-state index contributed by atoms with van der Waals surface area (Å²) in [5.74, 6) is -8.23. The van der Waals surface area contributed by atoms with Gasteiger partial charge in [-0.05, 0) is 125 Å². The molecular weight excluding hydrogens is 1360 g/mol. The molecule has 0 aliphatic carbocycles. The van der Waals surface area contributed by atoms with Crippen molar-refractivity contribution in [3.63, 3.8) is 0 Å². The van der Waals surface area contributed by atoms with Gasteiger partial charge < -0.3 is 79.0 Å². The molecule has 34 heteroatoms. The van der Waals surface area contributed by atoms with Gasteiger partial charge in [-0.2, -0.15) is 23.5 Å². The van der Waals surface area contributed by atoms with Gasteiger partial charge in [0.25, 0.3) is 0 Å². The third-order valence-electron chi connectivity index (χ3n) is 17.4. The van der Waals surface area contributed by atoms with Gasteiger partial charge in [-0.15, -0.1) is 5.10 Å². The predicted molar refractivity (Wildman–Crippen MR) is 373 cm³/mol. The highest BCUT2D eigenvalue weighted by Crippen LogP contribution is 2.26. The Kier molecular flexibility index (Phi) is 25.8. The molecule has 10 amide bonds. The monoisotopic (exact) mass is 1440 g/mol. The van der Waals surface area contributed by atoms with Crippen molar-refractivity contribution >= 4 is 104 Å². The van der Waals surface area contributed by atoms with Crippen LogP contribution in [-0.2, 0) is 91.6 Å². The van der Waals surface area contributed by atoms with Crippen LogP contribution in [0.3, 0.4) is 0 Å². The molecule has 0 saturated carbocycles. The molecule has 0 unspecified atom stereocenters. The fourth-order valence-electron chi connectivity index (χ4n) is 12.1. The fraction of sp³-hybridized carbons (Fsp3) is 0.382. The molecule has 10 rings (SSSR count). The number of H-pyrrole nitrogens is 4. The highest BCUT2D eigenvalue weighted by molar-refractivity contribution is 7.98. The van der Waals surface area contributed by atoms with E-state index in [0.717, 1.165) is 11.1 Å². The summed E-state index contributed by atoms with van der Waals surface area (Å²) >= 11 is 2.82. The van der Waals surface area contributed by atoms with E-state index in [1.165, 1.54) is 114 Å². The van der Waals surface area contributed by atoms with E-state index in [-0.39, 0.29) is 68.1 Å². The van der Waals surface area contributed by atoms with Crippen LogP contribution < -0.4 is 54.0 Å². The molecule has 8 aromatic rings. The second kappa shape index (κ2) is 35.5. The standard InChI is InChI=1S/C68H79F2N19O11S2/c69-42-11-15-48-46(25-42)40(29-74-48)23-51-63(95)80-52(24-41-30-75-49-16-12-43(70)26-47(41)49)64(96)82-54(28-58-85-87-88-86-58)66(98)81-53(27-44-31-73-36-77-44)65(97)83-55(22-37-9-13-45(90)14-10-37)68(100)89-19-4-8-57(89)67(99)84-56(61(72)93)35-102-34-39-6-3-5-38(21-39)33-101-20-17-59(91)78-50(7-1-2-18-71)62(94)76-32-60(92)79-51/h3,5-6,9-16,21,25-26,29-31,36,50-57,74-75,90H,1-2,4,7-8,17-20,22-24,27-28,32-35,71H2,(H2,72,93)(H,73,77)(H,76,94)(H,78,91)(H,79,92)(H,80,95)(H,81,98)(H,82,96)(H,83,97)(H,84,99)(H,85,86,87,88)/t50-,51-,52-,53-,54-,55-,56-,57-/m0/s1. The maximum absolute atomic E-state index is 15.3. The molecule has 0 spiro atoms. The number of aromatic amines is 4. The number of hydrogen-bond donors (Lipinski definition) is 15. The van der Waals surface area contributed by atoms with Crippen LogP contribution in [0.5, 0.6) is 5.75 Å². The van der Waals surface area contributed by atoms with Crippen molar-refractivity contribution in [3.8, 4) is 5.75 Å². The summed E-state index contributed by atoms with van der Waals surface area (Å²) in [6.45, 7) is -0.340. The quantitative estimate of drug-likeness (QED) is 0.0638. The number of imidazole rings is 1. The van der Waals surface area contributed by atoms with Gasteiger partial charge in [-0.25, -0.2) is 18.9 Å². The number of fused-ring (bicyclic) bond motifs is 5. The van der Waals surface area contributed by atoms with Gasteiger partial charge in [-0.1, -0.05) is 36.4 Å². The Morgan fingerprint density at radius 3 is 1.84 bits per heavy atom. The van der Waals surface area contributed by atoms with Crippen LogP contribution in [0.1, 0.15) is 77.9 Å². The van der Waals surface area contributed by atoms with Gasteiger partial charge in [0.1, 0.15) is 65.7 Å². The van der Waals surface area contributed by atoms with Gasteiger partial charge in [-0.3, -0.25) is 47.9 Å². The van der Waals surface area contributed by atoms with Crippen molar-refractivity contribution in [2.45, 2.75) is 130 Å². The molecule has 4 aromatic carbocycles. The number of nitrogens with two attached hydrogens (primary N) is 2. The van der Waals surface area contributed by atoms with E-state index in [1.54, 1.807) is 0 Å². The summed E-state index contributed by atoms with van der Waals surface area (Å²) in [6, 6.07) is 9.92. The summed E-state index contributed by atoms with van der Waals surface area (Å²) < 4.78 is 30.0. The first-order chi connectivity index (χ1) is 49.2. The number of halogens is 2. The molecule has 17 N–H and O–H groups in total. The summed E-state index contributed by atoms with van der Waals surface area (Å²) in [6.07, 6.45) is 5.75. The van der Waals surface area contributed by atoms with E-state index >= 15 is 28.4 Å². The molecule has 2 aliphatic rings. The lowest BCUT2D eigenvalue weighted by atomic mass is 10.0. The zero-order chi connectivity index (χ0) is 72.2. The van der Waals surface area contributed by atoms with Crippen molar-refractivity contribution < 1.29 is 61.8 Å². The molecule has 8 atom stereocenters. The molecule has 1 saturated heterocycles. The van der Waals surface area contributed by atoms with Crippen LogP contribution in [0, 0.1) is 11.6 Å². The molecular formula is C68H79F2N19O11S2. The van der Waals surface area contributed by atoms with E-state index in [1.807, 2.05) is 24.3 Å². The summed E-state index contributed by atoms with van der Waals surface area (Å²) in [5, 5.41) is 46.3. The average Bonchev–Trinajstić information content (AvgIpc) is 1.64. The van der Waals surface area contributed by atoms with Crippen molar-refractivity contribution in [2.24, 2.45) is 11.5 Å². The molecule has 30 nitrogen and oxygen atoms in total. The molecule has 4 aromatic heterocycles. The summed E-state index contributed by atoms with van der Waals surface area (Å²) in [4.78, 5) is 159. The molecule has 538 valence electrons. The Bertz CT molecular complexity index is 4280. The van der Waals surface area contributed by atoms with Crippen LogP contribution in [0.2, 0.25) is 0 Å². The van der Waals surface area contributed by atoms with Gasteiger partial charge in [0.05, 0.1) is 18.6 Å². The molecule has 2 aliphatic heterocycles. The lowest BCUT2D eigenvalue weighted by Crippen LogP contribution is -2.61. The third kappa shape index (κ3) is 20.5. The minimum atomic E-state index is -1.71. The smallest absolute Gasteiger partial charge is 0.246 e. The first-order valence-electron chi connectivity index (χ1n) is 33.1. The van der Waals surface area contributed by atoms with Gasteiger partial charge in [0.2, 0.25) is 59.1 Å². The van der Waals surface area contributed by atoms with E-state index in [4.69, 9.17) is 11.5 Å². The average molecular weight is 1440 g/mol. The number of unbranched alkanes of at least 4 members (excludes halogenated alkanes) is 1. The van der Waals surface area contributed by atoms with Crippen LogP contribution in [0.4, 0.5) is 8.78 Å². The summed E-state index contributed by atoms with van der Waals surface area (Å²) in [7, 11) is 0. The Morgan fingerprint density at radius 2 is 1.24 bits per heavy atom. The van der Waals surface area contributed by atoms with E-state index < -0.39 is 138 Å². The molecule has 102 heavy (non-hydrogen) atoms. The van der Waals surface area contributed by atoms with Gasteiger partial charge >= 0.3 is 0 Å². The topological polar surface area (TPSA) is 457 Å². The van der Waals surface area contributed by atoms with Crippen molar-refractivity contribution in [1.29, 1.82) is 0 Å². The number of primary amides is 1. The third-order valence-corrected chi connectivity index (χ3v) is 19.5. The minimum absolute atomic E-state index is 0.0237. The number of nitrogens with zero attached hydrogens (tertiary/aromatic N) is 5. The predicted octanol–water partition coefficient (Wildman–Crippen LogP) is 1.07. The number of tetrazole rings is 1. The number of hydrogen-bond acceptors (Lipinski definition) is 18. The van der Waals surface area contributed by atoms with Crippen molar-refractivity contribution in [2.75, 3.05) is 31.1 Å². The lowest BCUT2D eigenvalue weighted by Gasteiger charge is -2.31. The normalized spacial score (nSPS) is 21.9. The number of rotatable bonds is 15. The van der Waals surface area contributed by atoms with Crippen molar-refractivity contribution in [3.05, 3.63) is 161 Å². The number of carbonyl (C=O) groups is 10. The van der Waals surface area contributed by atoms with E-state index in [2.05, 4.69) is 83.1 Å². The number of aromatic hydroxyl groups is 1. The maximum atomic E-state index is 15.3. The van der Waals surface area contributed by atoms with E-state index in [9.17, 15) is 33.5 Å². The SMILES string of the molecule is NCCCC[C@@H]1NC(=O)CCSCc2cccc(c2)CSC[C@@H](C(N)=O)NC(=O)[C@@H]2CCCN2C(=O)[C@H](Cc2ccc(O)cc2)NC(=O)[C@H](Cc2c[nH]cn2)NC(=O)[C@H](Cc2nnn[nH]2)NC(=O)[C@H](Cc2c[nH]c3ccc(F)cc23)NC(=O)[C@H](Cc2c[nH]c3ccc(F)cc23)NC(=O)CNC1=O. The van der Waals surface area contributed by atoms with Crippen LogP contribution in [0.25, 0.3) is 21.8 Å². The first kappa shape index (κ1) is 74.0. The zero-order valence-corrected chi connectivity index (χ0v) is 56.9. The Labute approximate surface area is 591 Å². The van der Waals surface area contributed by atoms with Crippen LogP contribution in [0.15, 0.2) is 110 Å².